The number of para-hydroxylation sites is 1. The summed E-state index contributed by atoms with van der Waals surface area (Å²) in [7, 11) is 0. The molecule has 5 heteroatoms. The van der Waals surface area contributed by atoms with E-state index in [1.165, 1.54) is 12.8 Å². The van der Waals surface area contributed by atoms with Gasteiger partial charge in [-0.25, -0.2) is 9.97 Å². The maximum atomic E-state index is 4.39. The molecule has 5 nitrogen and oxygen atoms in total. The summed E-state index contributed by atoms with van der Waals surface area (Å²) in [5.41, 5.74) is 3.14. The van der Waals surface area contributed by atoms with Crippen LogP contribution in [0.1, 0.15) is 12.8 Å². The Morgan fingerprint density at radius 1 is 0.720 bits per heavy atom. The van der Waals surface area contributed by atoms with E-state index in [4.69, 9.17) is 0 Å². The number of hydrogen-bond acceptors (Lipinski definition) is 5. The SMILES string of the molecule is c1ccc(Nc2ccc(Nc3cc(N4CCCC4)ncn3)cc2)cc1. The van der Waals surface area contributed by atoms with Crippen LogP contribution in [-0.2, 0) is 0 Å². The molecule has 2 N–H and O–H groups in total. The van der Waals surface area contributed by atoms with Crippen LogP contribution in [0.15, 0.2) is 67.0 Å². The van der Waals surface area contributed by atoms with Crippen LogP contribution in [0.2, 0.25) is 0 Å². The molecule has 0 atom stereocenters. The zero-order valence-corrected chi connectivity index (χ0v) is 14.0. The molecule has 2 aromatic carbocycles. The summed E-state index contributed by atoms with van der Waals surface area (Å²) in [6.07, 6.45) is 4.10. The van der Waals surface area contributed by atoms with Gasteiger partial charge in [-0.05, 0) is 49.2 Å². The molecule has 0 spiro atoms. The van der Waals surface area contributed by atoms with Crippen LogP contribution < -0.4 is 15.5 Å². The Morgan fingerprint density at radius 3 is 2.08 bits per heavy atom. The summed E-state index contributed by atoms with van der Waals surface area (Å²) < 4.78 is 0. The molecular formula is C20H21N5. The van der Waals surface area contributed by atoms with Crippen molar-refractivity contribution in [1.82, 2.24) is 9.97 Å². The van der Waals surface area contributed by atoms with Gasteiger partial charge in [0.05, 0.1) is 0 Å². The molecule has 0 radical (unpaired) electrons. The average Bonchev–Trinajstić information content (AvgIpc) is 3.19. The van der Waals surface area contributed by atoms with E-state index in [9.17, 15) is 0 Å². The standard InChI is InChI=1S/C20H21N5/c1-2-6-16(7-3-1)23-17-8-10-18(11-9-17)24-19-14-20(22-15-21-19)25-12-4-5-13-25/h1-3,6-11,14-15,23H,4-5,12-13H2,(H,21,22,24). The molecule has 4 rings (SSSR count). The minimum Gasteiger partial charge on any atom is -0.356 e. The number of nitrogens with one attached hydrogen (secondary N) is 2. The topological polar surface area (TPSA) is 53.1 Å². The largest absolute Gasteiger partial charge is 0.356 e. The molecule has 0 unspecified atom stereocenters. The monoisotopic (exact) mass is 331 g/mol. The number of hydrogen-bond donors (Lipinski definition) is 2. The van der Waals surface area contributed by atoms with Crippen molar-refractivity contribution in [1.29, 1.82) is 0 Å². The molecule has 1 fully saturated rings. The number of nitrogens with zero attached hydrogens (tertiary/aromatic N) is 3. The molecule has 0 saturated carbocycles. The fraction of sp³-hybridized carbons (Fsp3) is 0.200. The van der Waals surface area contributed by atoms with E-state index in [1.54, 1.807) is 6.33 Å². The molecular weight excluding hydrogens is 310 g/mol. The normalized spacial score (nSPS) is 13.7. The molecule has 0 aliphatic carbocycles. The summed E-state index contributed by atoms with van der Waals surface area (Å²) in [6.45, 7) is 2.16. The van der Waals surface area contributed by atoms with E-state index in [1.807, 2.05) is 48.5 Å². The molecule has 0 amide bonds. The van der Waals surface area contributed by atoms with Crippen molar-refractivity contribution in [3.8, 4) is 0 Å². The first kappa shape index (κ1) is 15.4. The van der Waals surface area contributed by atoms with Crippen LogP contribution in [-0.4, -0.2) is 23.1 Å². The van der Waals surface area contributed by atoms with Gasteiger partial charge in [-0.3, -0.25) is 0 Å². The predicted molar refractivity (Wildman–Crippen MR) is 103 cm³/mol. The van der Waals surface area contributed by atoms with Crippen molar-refractivity contribution in [2.24, 2.45) is 0 Å². The summed E-state index contributed by atoms with van der Waals surface area (Å²) in [5.74, 6) is 1.82. The Morgan fingerprint density at radius 2 is 1.36 bits per heavy atom. The van der Waals surface area contributed by atoms with Crippen molar-refractivity contribution in [2.45, 2.75) is 12.8 Å². The lowest BCUT2D eigenvalue weighted by Gasteiger charge is -2.16. The second-order valence-corrected chi connectivity index (χ2v) is 6.15. The van der Waals surface area contributed by atoms with Crippen molar-refractivity contribution in [3.63, 3.8) is 0 Å². The minimum absolute atomic E-state index is 0.820. The number of rotatable bonds is 5. The summed E-state index contributed by atoms with van der Waals surface area (Å²) in [4.78, 5) is 11.0. The summed E-state index contributed by atoms with van der Waals surface area (Å²) in [6, 6.07) is 20.4. The van der Waals surface area contributed by atoms with Gasteiger partial charge in [0.2, 0.25) is 0 Å². The average molecular weight is 331 g/mol. The highest BCUT2D eigenvalue weighted by molar-refractivity contribution is 5.65. The Labute approximate surface area is 147 Å². The van der Waals surface area contributed by atoms with E-state index >= 15 is 0 Å². The smallest absolute Gasteiger partial charge is 0.135 e. The third kappa shape index (κ3) is 3.88. The molecule has 126 valence electrons. The first-order chi connectivity index (χ1) is 12.4. The zero-order chi connectivity index (χ0) is 16.9. The van der Waals surface area contributed by atoms with Gasteiger partial charge in [-0.15, -0.1) is 0 Å². The third-order valence-corrected chi connectivity index (χ3v) is 4.30. The Hall–Kier alpha value is -3.08. The summed E-state index contributed by atoms with van der Waals surface area (Å²) in [5, 5.41) is 6.73. The van der Waals surface area contributed by atoms with Crippen molar-refractivity contribution >= 4 is 28.7 Å². The van der Waals surface area contributed by atoms with E-state index in [2.05, 4.69) is 37.6 Å². The molecule has 25 heavy (non-hydrogen) atoms. The van der Waals surface area contributed by atoms with E-state index in [0.717, 1.165) is 41.8 Å². The van der Waals surface area contributed by atoms with Gasteiger partial charge in [0.25, 0.3) is 0 Å². The van der Waals surface area contributed by atoms with E-state index in [0.29, 0.717) is 0 Å². The molecule has 1 saturated heterocycles. The number of benzene rings is 2. The predicted octanol–water partition coefficient (Wildman–Crippen LogP) is 4.56. The van der Waals surface area contributed by atoms with Gasteiger partial charge in [0, 0.05) is 36.2 Å². The van der Waals surface area contributed by atoms with E-state index < -0.39 is 0 Å². The molecule has 2 heterocycles. The van der Waals surface area contributed by atoms with Crippen molar-refractivity contribution < 1.29 is 0 Å². The first-order valence-electron chi connectivity index (χ1n) is 8.63. The minimum atomic E-state index is 0.820. The van der Waals surface area contributed by atoms with Crippen LogP contribution in [0.3, 0.4) is 0 Å². The fourth-order valence-electron chi connectivity index (χ4n) is 3.01. The van der Waals surface area contributed by atoms with Gasteiger partial charge in [0.1, 0.15) is 18.0 Å². The molecule has 3 aromatic rings. The van der Waals surface area contributed by atoms with E-state index in [-0.39, 0.29) is 0 Å². The highest BCUT2D eigenvalue weighted by Gasteiger charge is 2.13. The van der Waals surface area contributed by atoms with Crippen molar-refractivity contribution in [2.75, 3.05) is 28.6 Å². The third-order valence-electron chi connectivity index (χ3n) is 4.30. The zero-order valence-electron chi connectivity index (χ0n) is 14.0. The Kier molecular flexibility index (Phi) is 4.46. The van der Waals surface area contributed by atoms with Crippen LogP contribution in [0, 0.1) is 0 Å². The molecule has 0 bridgehead atoms. The molecule has 1 aliphatic rings. The van der Waals surface area contributed by atoms with Crippen molar-refractivity contribution in [3.05, 3.63) is 67.0 Å². The van der Waals surface area contributed by atoms with Crippen LogP contribution >= 0.6 is 0 Å². The van der Waals surface area contributed by atoms with Crippen LogP contribution in [0.5, 0.6) is 0 Å². The number of aromatic nitrogens is 2. The fourth-order valence-corrected chi connectivity index (χ4v) is 3.01. The molecule has 1 aromatic heterocycles. The quantitative estimate of drug-likeness (QED) is 0.717. The van der Waals surface area contributed by atoms with Gasteiger partial charge in [-0.2, -0.15) is 0 Å². The van der Waals surface area contributed by atoms with Gasteiger partial charge < -0.3 is 15.5 Å². The summed E-state index contributed by atoms with van der Waals surface area (Å²) >= 11 is 0. The van der Waals surface area contributed by atoms with Crippen LogP contribution in [0.4, 0.5) is 28.7 Å². The Bertz CT molecular complexity index is 811. The lowest BCUT2D eigenvalue weighted by atomic mass is 10.2. The first-order valence-corrected chi connectivity index (χ1v) is 8.63. The number of anilines is 5. The lowest BCUT2D eigenvalue weighted by Crippen LogP contribution is -2.19. The van der Waals surface area contributed by atoms with Gasteiger partial charge >= 0.3 is 0 Å². The second-order valence-electron chi connectivity index (χ2n) is 6.15. The second kappa shape index (κ2) is 7.21. The Balaban J connectivity index is 1.43. The maximum Gasteiger partial charge on any atom is 0.135 e. The highest BCUT2D eigenvalue weighted by Crippen LogP contribution is 2.23. The van der Waals surface area contributed by atoms with Crippen LogP contribution in [0.25, 0.3) is 0 Å². The van der Waals surface area contributed by atoms with Gasteiger partial charge in [-0.1, -0.05) is 18.2 Å². The molecule has 1 aliphatic heterocycles. The maximum absolute atomic E-state index is 4.39. The lowest BCUT2D eigenvalue weighted by molar-refractivity contribution is 0.928. The highest BCUT2D eigenvalue weighted by atomic mass is 15.2. The van der Waals surface area contributed by atoms with Gasteiger partial charge in [0.15, 0.2) is 0 Å².